The molecule has 1 aromatic carbocycles. The van der Waals surface area contributed by atoms with Gasteiger partial charge in [-0.25, -0.2) is 9.59 Å². The van der Waals surface area contributed by atoms with E-state index in [-0.39, 0.29) is 29.8 Å². The Morgan fingerprint density at radius 2 is 1.68 bits per heavy atom. The molecule has 5 amide bonds. The van der Waals surface area contributed by atoms with Crippen molar-refractivity contribution in [1.82, 2.24) is 20.9 Å². The van der Waals surface area contributed by atoms with E-state index in [1.165, 1.54) is 4.90 Å². The summed E-state index contributed by atoms with van der Waals surface area (Å²) in [4.78, 5) is 80.4. The Bertz CT molecular complexity index is 1410. The lowest BCUT2D eigenvalue weighted by Crippen LogP contribution is -2.62. The predicted octanol–water partition coefficient (Wildman–Crippen LogP) is 2.60. The zero-order chi connectivity index (χ0) is 34.8. The summed E-state index contributed by atoms with van der Waals surface area (Å²) in [5.41, 5.74) is 5.44. The number of likely N-dealkylation sites (tertiary alicyclic amines) is 1. The normalized spacial score (nSPS) is 23.2. The molecule has 5 N–H and O–H groups in total. The van der Waals surface area contributed by atoms with Crippen LogP contribution in [-0.2, 0) is 35.3 Å². The van der Waals surface area contributed by atoms with Gasteiger partial charge in [0, 0.05) is 6.54 Å². The fourth-order valence-electron chi connectivity index (χ4n) is 6.85. The van der Waals surface area contributed by atoms with E-state index in [0.717, 1.165) is 24.8 Å². The number of Topliss-reactive ketones (excluding diaryl/α,β-unsaturated/α-hetero) is 1. The molecule has 47 heavy (non-hydrogen) atoms. The maximum Gasteiger partial charge on any atom is 0.333 e. The molecular formula is C35H49N5O7. The number of carbonyl (C=O) groups is 6. The van der Waals surface area contributed by atoms with Crippen LogP contribution in [0.5, 0.6) is 0 Å². The summed E-state index contributed by atoms with van der Waals surface area (Å²) in [6.07, 6.45) is 3.15. The molecule has 0 aromatic heterocycles. The number of nitrogens with one attached hydrogen (secondary N) is 3. The third-order valence-corrected chi connectivity index (χ3v) is 10.0. The molecule has 2 saturated carbocycles. The number of benzene rings is 1. The second-order valence-corrected chi connectivity index (χ2v) is 15.0. The van der Waals surface area contributed by atoms with Crippen molar-refractivity contribution in [3.05, 3.63) is 48.0 Å². The van der Waals surface area contributed by atoms with Gasteiger partial charge in [0.15, 0.2) is 0 Å². The van der Waals surface area contributed by atoms with Crippen LogP contribution in [0.3, 0.4) is 0 Å². The molecule has 3 fully saturated rings. The summed E-state index contributed by atoms with van der Waals surface area (Å²) in [6, 6.07) is 4.12. The third kappa shape index (κ3) is 8.02. The second kappa shape index (κ2) is 13.9. The van der Waals surface area contributed by atoms with Crippen LogP contribution in [0.15, 0.2) is 42.5 Å². The van der Waals surface area contributed by atoms with E-state index < -0.39 is 65.1 Å². The fraction of sp³-hybridized carbons (Fsp3) is 0.600. The Kier molecular flexibility index (Phi) is 10.5. The van der Waals surface area contributed by atoms with Crippen LogP contribution in [0.2, 0.25) is 0 Å². The number of hydrogen-bond donors (Lipinski definition) is 4. The van der Waals surface area contributed by atoms with Crippen molar-refractivity contribution in [1.29, 1.82) is 0 Å². The first kappa shape index (κ1) is 35.6. The zero-order valence-electron chi connectivity index (χ0n) is 28.3. The first-order chi connectivity index (χ1) is 21.9. The first-order valence-electron chi connectivity index (χ1n) is 16.3. The number of carbonyl (C=O) groups excluding carboxylic acids is 6. The van der Waals surface area contributed by atoms with Crippen LogP contribution in [0, 0.1) is 28.6 Å². The SMILES string of the molecule is C=C(C)[C@H](NC(=O)N[C@H](C(=O)N1C[C@H]2[C@@H]([C@H]1C(=O)NC(CC1CCC1)C(=O)C(N)=O)C2(C)C)C(C)(C)C)C(=O)OCc1ccccc1. The lowest BCUT2D eigenvalue weighted by atomic mass is 9.80. The summed E-state index contributed by atoms with van der Waals surface area (Å²) in [7, 11) is 0. The van der Waals surface area contributed by atoms with Crippen LogP contribution >= 0.6 is 0 Å². The Balaban J connectivity index is 1.48. The molecule has 1 heterocycles. The molecule has 1 unspecified atom stereocenters. The largest absolute Gasteiger partial charge is 0.459 e. The molecule has 12 nitrogen and oxygen atoms in total. The van der Waals surface area contributed by atoms with Crippen molar-refractivity contribution >= 4 is 35.5 Å². The minimum Gasteiger partial charge on any atom is -0.459 e. The number of nitrogens with two attached hydrogens (primary N) is 1. The van der Waals surface area contributed by atoms with Crippen LogP contribution in [0.1, 0.15) is 72.8 Å². The number of amides is 5. The van der Waals surface area contributed by atoms with Gasteiger partial charge in [0.1, 0.15) is 24.7 Å². The van der Waals surface area contributed by atoms with Crippen LogP contribution in [0.4, 0.5) is 4.79 Å². The van der Waals surface area contributed by atoms with Crippen molar-refractivity contribution in [3.8, 4) is 0 Å². The molecule has 3 aliphatic rings. The second-order valence-electron chi connectivity index (χ2n) is 15.0. The number of urea groups is 1. The average molecular weight is 652 g/mol. The number of hydrogen-bond acceptors (Lipinski definition) is 7. The molecule has 0 spiro atoms. The molecule has 1 aliphatic heterocycles. The zero-order valence-corrected chi connectivity index (χ0v) is 28.3. The first-order valence-corrected chi connectivity index (χ1v) is 16.3. The lowest BCUT2D eigenvalue weighted by molar-refractivity contribution is -0.146. The Morgan fingerprint density at radius 1 is 1.04 bits per heavy atom. The number of nitrogens with zero attached hydrogens (tertiary/aromatic N) is 1. The maximum atomic E-state index is 14.2. The maximum absolute atomic E-state index is 14.2. The minimum atomic E-state index is -1.16. The highest BCUT2D eigenvalue weighted by atomic mass is 16.5. The number of primary amides is 1. The number of esters is 1. The van der Waals surface area contributed by atoms with E-state index in [1.54, 1.807) is 27.7 Å². The molecule has 1 saturated heterocycles. The van der Waals surface area contributed by atoms with E-state index >= 15 is 0 Å². The fourth-order valence-corrected chi connectivity index (χ4v) is 6.85. The minimum absolute atomic E-state index is 0.0134. The van der Waals surface area contributed by atoms with E-state index in [4.69, 9.17) is 10.5 Å². The van der Waals surface area contributed by atoms with Crippen molar-refractivity contribution < 1.29 is 33.5 Å². The summed E-state index contributed by atoms with van der Waals surface area (Å²) < 4.78 is 5.41. The van der Waals surface area contributed by atoms with Crippen LogP contribution in [-0.4, -0.2) is 71.1 Å². The summed E-state index contributed by atoms with van der Waals surface area (Å²) >= 11 is 0. The molecule has 4 rings (SSSR count). The smallest absolute Gasteiger partial charge is 0.333 e. The standard InChI is InChI=1S/C35H49N5O7/c1-19(2)25(32(45)47-18-21-12-9-8-10-13-21)38-33(46)39-28(34(3,4)5)31(44)40-17-22-24(35(22,6)7)26(40)30(43)37-23(27(41)29(36)42)16-20-14-11-15-20/h8-10,12-13,20,22-26,28H,1,11,14-18H2,2-7H3,(H2,36,42)(H,37,43)(H2,38,39,46)/t22-,23?,24-,25-,26-,28+/m0/s1. The highest BCUT2D eigenvalue weighted by Gasteiger charge is 2.70. The van der Waals surface area contributed by atoms with Crippen molar-refractivity contribution in [2.75, 3.05) is 6.54 Å². The number of rotatable bonds is 13. The monoisotopic (exact) mass is 651 g/mol. The Hall–Kier alpha value is -4.22. The van der Waals surface area contributed by atoms with Gasteiger partial charge in [-0.1, -0.05) is 90.8 Å². The lowest BCUT2D eigenvalue weighted by Gasteiger charge is -2.38. The molecule has 0 radical (unpaired) electrons. The Labute approximate surface area is 276 Å². The van der Waals surface area contributed by atoms with Gasteiger partial charge in [-0.2, -0.15) is 0 Å². The van der Waals surface area contributed by atoms with Gasteiger partial charge in [-0.15, -0.1) is 0 Å². The van der Waals surface area contributed by atoms with E-state index in [9.17, 15) is 28.8 Å². The van der Waals surface area contributed by atoms with Crippen LogP contribution < -0.4 is 21.7 Å². The highest BCUT2D eigenvalue weighted by Crippen LogP contribution is 2.65. The van der Waals surface area contributed by atoms with Crippen LogP contribution in [0.25, 0.3) is 0 Å². The molecule has 256 valence electrons. The van der Waals surface area contributed by atoms with Gasteiger partial charge < -0.3 is 31.3 Å². The van der Waals surface area contributed by atoms with Crippen molar-refractivity contribution in [2.45, 2.75) is 98.0 Å². The van der Waals surface area contributed by atoms with Crippen molar-refractivity contribution in [3.63, 3.8) is 0 Å². The molecule has 1 aromatic rings. The quantitative estimate of drug-likeness (QED) is 0.144. The molecule has 2 aliphatic carbocycles. The summed E-state index contributed by atoms with van der Waals surface area (Å²) in [5.74, 6) is -3.56. The summed E-state index contributed by atoms with van der Waals surface area (Å²) in [6.45, 7) is 15.2. The number of ether oxygens (including phenoxy) is 1. The van der Waals surface area contributed by atoms with Gasteiger partial charge in [0.2, 0.25) is 17.6 Å². The summed E-state index contributed by atoms with van der Waals surface area (Å²) in [5, 5.41) is 8.09. The third-order valence-electron chi connectivity index (χ3n) is 10.0. The van der Waals surface area contributed by atoms with E-state index in [0.29, 0.717) is 18.5 Å². The average Bonchev–Trinajstić information content (AvgIpc) is 3.28. The van der Waals surface area contributed by atoms with Gasteiger partial charge in [0.05, 0.1) is 6.04 Å². The highest BCUT2D eigenvalue weighted by molar-refractivity contribution is 6.37. The van der Waals surface area contributed by atoms with Gasteiger partial charge in [-0.3, -0.25) is 19.2 Å². The van der Waals surface area contributed by atoms with E-state index in [1.807, 2.05) is 44.2 Å². The molecule has 12 heteroatoms. The Morgan fingerprint density at radius 3 is 2.21 bits per heavy atom. The molecule has 6 atom stereocenters. The van der Waals surface area contributed by atoms with Gasteiger partial charge >= 0.3 is 12.0 Å². The number of ketones is 1. The van der Waals surface area contributed by atoms with Gasteiger partial charge in [-0.05, 0) is 53.1 Å². The topological polar surface area (TPSA) is 177 Å². The predicted molar refractivity (Wildman–Crippen MR) is 174 cm³/mol. The molecule has 0 bridgehead atoms. The van der Waals surface area contributed by atoms with Gasteiger partial charge in [0.25, 0.3) is 5.91 Å². The number of piperidine rings is 1. The van der Waals surface area contributed by atoms with Crippen molar-refractivity contribution in [2.24, 2.45) is 34.3 Å². The van der Waals surface area contributed by atoms with E-state index in [2.05, 4.69) is 22.5 Å². The molecular weight excluding hydrogens is 602 g/mol. The number of fused-ring (bicyclic) bond motifs is 1.